The van der Waals surface area contributed by atoms with Gasteiger partial charge in [-0.3, -0.25) is 14.0 Å². The van der Waals surface area contributed by atoms with Crippen LogP contribution in [0.2, 0.25) is 0 Å². The lowest BCUT2D eigenvalue weighted by Gasteiger charge is -2.15. The van der Waals surface area contributed by atoms with Crippen molar-refractivity contribution in [3.8, 4) is 11.4 Å². The van der Waals surface area contributed by atoms with Crippen LogP contribution in [0.1, 0.15) is 31.3 Å². The molecule has 2 heterocycles. The molecule has 7 nitrogen and oxygen atoms in total. The average Bonchev–Trinajstić information content (AvgIpc) is 3.05. The summed E-state index contributed by atoms with van der Waals surface area (Å²) in [5, 5.41) is 12.9. The number of fused-ring (bicyclic) bond motifs is 1. The summed E-state index contributed by atoms with van der Waals surface area (Å²) in [6, 6.07) is 2.86. The predicted octanol–water partition coefficient (Wildman–Crippen LogP) is 2.39. The third-order valence-electron chi connectivity index (χ3n) is 4.17. The Morgan fingerprint density at radius 3 is 2.54 bits per heavy atom. The van der Waals surface area contributed by atoms with Gasteiger partial charge in [0.1, 0.15) is 11.6 Å². The second-order valence-electron chi connectivity index (χ2n) is 5.79. The Kier molecular flexibility index (Phi) is 2.92. The Bertz CT molecular complexity index is 1160. The van der Waals surface area contributed by atoms with Crippen molar-refractivity contribution in [1.29, 1.82) is 0 Å². The molecule has 0 aliphatic rings. The number of amides is 1. The molecule has 0 spiro atoms. The summed E-state index contributed by atoms with van der Waals surface area (Å²) in [6.45, 7) is -0.206. The number of halogens is 3. The van der Waals surface area contributed by atoms with E-state index < -0.39 is 47.2 Å². The zero-order chi connectivity index (χ0) is 22.0. The fourth-order valence-electron chi connectivity index (χ4n) is 3.05. The van der Waals surface area contributed by atoms with Gasteiger partial charge in [0.15, 0.2) is 11.3 Å². The van der Waals surface area contributed by atoms with Crippen LogP contribution >= 0.6 is 0 Å². The first-order chi connectivity index (χ1) is 13.2. The summed E-state index contributed by atoms with van der Waals surface area (Å²) in [4.78, 5) is 12.0. The number of carbonyl (C=O) groups excluding carboxylic acids is 1. The molecule has 138 valence electrons. The number of aromatic nitrogens is 3. The fourth-order valence-corrected chi connectivity index (χ4v) is 3.05. The van der Waals surface area contributed by atoms with E-state index in [-0.39, 0.29) is 21.7 Å². The van der Waals surface area contributed by atoms with Crippen LogP contribution in [0.3, 0.4) is 0 Å². The maximum absolute atomic E-state index is 13.8. The first kappa shape index (κ1) is 14.0. The number of nitrogens with two attached hydrogens (primary N) is 2. The van der Waals surface area contributed by atoms with Crippen LogP contribution in [0.15, 0.2) is 12.1 Å². The van der Waals surface area contributed by atoms with Gasteiger partial charge in [-0.1, -0.05) is 6.07 Å². The highest BCUT2D eigenvalue weighted by molar-refractivity contribution is 6.12. The van der Waals surface area contributed by atoms with Crippen molar-refractivity contribution in [3.05, 3.63) is 34.5 Å². The van der Waals surface area contributed by atoms with E-state index in [4.69, 9.17) is 15.6 Å². The van der Waals surface area contributed by atoms with Gasteiger partial charge in [-0.2, -0.15) is 18.3 Å². The summed E-state index contributed by atoms with van der Waals surface area (Å²) in [5.41, 5.74) is 9.25. The number of alkyl halides is 3. The molecule has 3 aromatic rings. The number of hydrogen-bond acceptors (Lipinski definition) is 4. The van der Waals surface area contributed by atoms with Crippen molar-refractivity contribution >= 4 is 22.8 Å². The standard InChI is InChI=1S/C16H16F3N5O2/c1-6-4-5-8(25)7(2)11(6)24-13(20)10(14(21)26)9-12(16(17,18)19)23(3)22-15(9)24/h4-5,25H,20H2,1-3H3,(H2,21,26)/i3D3. The van der Waals surface area contributed by atoms with Crippen molar-refractivity contribution in [2.45, 2.75) is 20.0 Å². The highest BCUT2D eigenvalue weighted by atomic mass is 19.4. The van der Waals surface area contributed by atoms with Gasteiger partial charge in [-0.25, -0.2) is 0 Å². The second kappa shape index (κ2) is 5.41. The van der Waals surface area contributed by atoms with Gasteiger partial charge < -0.3 is 16.6 Å². The minimum absolute atomic E-state index is 0.156. The van der Waals surface area contributed by atoms with Gasteiger partial charge in [0, 0.05) is 16.7 Å². The number of rotatable bonds is 2. The first-order valence-corrected chi connectivity index (χ1v) is 7.27. The number of hydrogen-bond donors (Lipinski definition) is 3. The number of benzene rings is 1. The van der Waals surface area contributed by atoms with Crippen LogP contribution in [-0.2, 0) is 13.2 Å². The van der Waals surface area contributed by atoms with Crippen molar-refractivity contribution in [2.24, 2.45) is 12.7 Å². The molecular weight excluding hydrogens is 351 g/mol. The minimum Gasteiger partial charge on any atom is -0.508 e. The molecule has 26 heavy (non-hydrogen) atoms. The zero-order valence-electron chi connectivity index (χ0n) is 16.6. The number of phenolic OH excluding ortho intramolecular Hbond substituents is 1. The maximum atomic E-state index is 13.8. The van der Waals surface area contributed by atoms with Crippen molar-refractivity contribution < 1.29 is 27.2 Å². The molecule has 1 amide bonds. The van der Waals surface area contributed by atoms with Crippen LogP contribution in [0.25, 0.3) is 16.7 Å². The molecule has 0 aliphatic heterocycles. The van der Waals surface area contributed by atoms with Crippen LogP contribution in [-0.4, -0.2) is 25.4 Å². The maximum Gasteiger partial charge on any atom is 0.433 e. The smallest absolute Gasteiger partial charge is 0.433 e. The normalized spacial score (nSPS) is 14.3. The number of nitrogens with zero attached hydrogens (tertiary/aromatic N) is 3. The van der Waals surface area contributed by atoms with E-state index in [1.807, 2.05) is 0 Å². The summed E-state index contributed by atoms with van der Waals surface area (Å²) in [7, 11) is 0. The second-order valence-corrected chi connectivity index (χ2v) is 5.79. The van der Waals surface area contributed by atoms with Crippen molar-refractivity contribution in [1.82, 2.24) is 14.3 Å². The van der Waals surface area contributed by atoms with Gasteiger partial charge in [0.05, 0.1) is 16.6 Å². The molecule has 1 aromatic carbocycles. The number of aryl methyl sites for hydroxylation is 2. The SMILES string of the molecule is [2H]C([2H])([2H])n1nc2c(c(C(N)=O)c(N)n2-c2c(C)ccc(O)c2C)c1C(F)(F)F. The minimum atomic E-state index is -5.17. The fraction of sp³-hybridized carbons (Fsp3) is 0.250. The molecule has 0 saturated heterocycles. The summed E-state index contributed by atoms with van der Waals surface area (Å²) >= 11 is 0. The molecule has 10 heteroatoms. The Balaban J connectivity index is 2.63. The van der Waals surface area contributed by atoms with Gasteiger partial charge >= 0.3 is 6.18 Å². The number of carbonyl (C=O) groups is 1. The van der Waals surface area contributed by atoms with E-state index >= 15 is 0 Å². The number of nitrogen functional groups attached to an aromatic ring is 1. The number of aromatic hydroxyl groups is 1. The predicted molar refractivity (Wildman–Crippen MR) is 89.1 cm³/mol. The molecule has 0 aliphatic carbocycles. The summed E-state index contributed by atoms with van der Waals surface area (Å²) in [6.07, 6.45) is -5.17. The third-order valence-corrected chi connectivity index (χ3v) is 4.17. The largest absolute Gasteiger partial charge is 0.508 e. The summed E-state index contributed by atoms with van der Waals surface area (Å²) < 4.78 is 64.5. The molecule has 0 unspecified atom stereocenters. The topological polar surface area (TPSA) is 112 Å². The van der Waals surface area contributed by atoms with Crippen LogP contribution < -0.4 is 11.5 Å². The Morgan fingerprint density at radius 2 is 2.00 bits per heavy atom. The molecule has 2 aromatic heterocycles. The van der Waals surface area contributed by atoms with Crippen molar-refractivity contribution in [3.63, 3.8) is 0 Å². The van der Waals surface area contributed by atoms with E-state index in [1.165, 1.54) is 19.1 Å². The van der Waals surface area contributed by atoms with Gasteiger partial charge in [-0.15, -0.1) is 0 Å². The lowest BCUT2D eigenvalue weighted by Crippen LogP contribution is -2.17. The molecule has 0 fully saturated rings. The molecule has 5 N–H and O–H groups in total. The third kappa shape index (κ3) is 2.29. The average molecular weight is 370 g/mol. The molecule has 0 radical (unpaired) electrons. The Labute approximate surface area is 149 Å². The van der Waals surface area contributed by atoms with E-state index in [0.717, 1.165) is 4.57 Å². The number of phenols is 1. The van der Waals surface area contributed by atoms with Crippen molar-refractivity contribution in [2.75, 3.05) is 5.73 Å². The zero-order valence-corrected chi connectivity index (χ0v) is 13.6. The highest BCUT2D eigenvalue weighted by Gasteiger charge is 2.41. The monoisotopic (exact) mass is 370 g/mol. The highest BCUT2D eigenvalue weighted by Crippen LogP contribution is 2.41. The Hall–Kier alpha value is -3.17. The molecular formula is C16H16F3N5O2. The van der Waals surface area contributed by atoms with Crippen LogP contribution in [0.5, 0.6) is 5.75 Å². The van der Waals surface area contributed by atoms with Gasteiger partial charge in [0.25, 0.3) is 5.91 Å². The molecule has 0 bridgehead atoms. The van der Waals surface area contributed by atoms with Gasteiger partial charge in [-0.05, 0) is 25.5 Å². The molecule has 0 saturated carbocycles. The lowest BCUT2D eigenvalue weighted by atomic mass is 10.1. The quantitative estimate of drug-likeness (QED) is 0.643. The van der Waals surface area contributed by atoms with Crippen LogP contribution in [0, 0.1) is 13.8 Å². The lowest BCUT2D eigenvalue weighted by molar-refractivity contribution is -0.142. The first-order valence-electron chi connectivity index (χ1n) is 8.77. The van der Waals surface area contributed by atoms with Gasteiger partial charge in [0.2, 0.25) is 0 Å². The number of anilines is 1. The van der Waals surface area contributed by atoms with E-state index in [1.54, 1.807) is 6.92 Å². The number of primary amides is 1. The molecule has 0 atom stereocenters. The van der Waals surface area contributed by atoms with Crippen LogP contribution in [0.4, 0.5) is 19.0 Å². The van der Waals surface area contributed by atoms with E-state index in [9.17, 15) is 23.1 Å². The molecule has 3 rings (SSSR count). The van der Waals surface area contributed by atoms with E-state index in [0.29, 0.717) is 5.56 Å². The van der Waals surface area contributed by atoms with E-state index in [2.05, 4.69) is 5.10 Å². The summed E-state index contributed by atoms with van der Waals surface area (Å²) in [5.74, 6) is -1.91. The Morgan fingerprint density at radius 1 is 1.35 bits per heavy atom.